The Balaban J connectivity index is 2.16. The minimum absolute atomic E-state index is 0.289. The molecule has 0 aromatic heterocycles. The molecule has 0 saturated heterocycles. The Kier molecular flexibility index (Phi) is 5.07. The van der Waals surface area contributed by atoms with Crippen LogP contribution in [0.1, 0.15) is 25.7 Å². The molecule has 2 N–H and O–H groups in total. The summed E-state index contributed by atoms with van der Waals surface area (Å²) >= 11 is 5.92. The molecule has 1 aromatic rings. The van der Waals surface area contributed by atoms with Crippen molar-refractivity contribution in [2.24, 2.45) is 11.8 Å². The Hall–Kier alpha value is -1.75. The molecule has 1 aromatic carbocycles. The van der Waals surface area contributed by atoms with Gasteiger partial charge in [0.1, 0.15) is 5.75 Å². The molecule has 6 heteroatoms. The first-order chi connectivity index (χ1) is 10.0. The number of methoxy groups -OCH3 is 1. The van der Waals surface area contributed by atoms with E-state index >= 15 is 0 Å². The molecule has 21 heavy (non-hydrogen) atoms. The lowest BCUT2D eigenvalue weighted by Crippen LogP contribution is -2.36. The number of anilines is 1. The van der Waals surface area contributed by atoms with Crippen LogP contribution in [0.3, 0.4) is 0 Å². The van der Waals surface area contributed by atoms with Crippen molar-refractivity contribution in [3.63, 3.8) is 0 Å². The normalized spacial score (nSPS) is 21.6. The van der Waals surface area contributed by atoms with Crippen LogP contribution in [0.4, 0.5) is 5.69 Å². The number of nitrogens with one attached hydrogen (secondary N) is 1. The van der Waals surface area contributed by atoms with Gasteiger partial charge in [-0.2, -0.15) is 0 Å². The van der Waals surface area contributed by atoms with Crippen molar-refractivity contribution >= 4 is 29.2 Å². The standard InChI is InChI=1S/C15H18ClNO4/c1-21-13-7-6-9(16)8-12(13)17-14(18)10-4-2-3-5-11(10)15(19)20/h6-8,10-11H,2-5H2,1H3,(H,17,18)(H,19,20)/t10-,11-/m0/s1. The highest BCUT2D eigenvalue weighted by Gasteiger charge is 2.35. The van der Waals surface area contributed by atoms with Gasteiger partial charge in [-0.3, -0.25) is 9.59 Å². The maximum atomic E-state index is 12.4. The Bertz CT molecular complexity index is 546. The number of amides is 1. The molecule has 1 amide bonds. The van der Waals surface area contributed by atoms with Gasteiger partial charge in [-0.15, -0.1) is 0 Å². The molecule has 0 heterocycles. The zero-order chi connectivity index (χ0) is 15.4. The lowest BCUT2D eigenvalue weighted by atomic mass is 9.78. The third-order valence-corrected chi connectivity index (χ3v) is 4.07. The summed E-state index contributed by atoms with van der Waals surface area (Å²) in [6, 6.07) is 4.92. The Morgan fingerprint density at radius 1 is 1.29 bits per heavy atom. The summed E-state index contributed by atoms with van der Waals surface area (Å²) in [4.78, 5) is 23.7. The van der Waals surface area contributed by atoms with E-state index in [4.69, 9.17) is 16.3 Å². The fourth-order valence-electron chi connectivity index (χ4n) is 2.74. The molecule has 2 atom stereocenters. The van der Waals surface area contributed by atoms with Gasteiger partial charge in [0.25, 0.3) is 0 Å². The first kappa shape index (κ1) is 15.6. The summed E-state index contributed by atoms with van der Waals surface area (Å²) in [7, 11) is 1.50. The van der Waals surface area contributed by atoms with Crippen molar-refractivity contribution < 1.29 is 19.4 Å². The smallest absolute Gasteiger partial charge is 0.307 e. The molecule has 0 radical (unpaired) electrons. The molecular weight excluding hydrogens is 294 g/mol. The van der Waals surface area contributed by atoms with Gasteiger partial charge in [0.2, 0.25) is 5.91 Å². The third-order valence-electron chi connectivity index (χ3n) is 3.84. The second-order valence-electron chi connectivity index (χ2n) is 5.17. The highest BCUT2D eigenvalue weighted by atomic mass is 35.5. The molecule has 1 aliphatic rings. The first-order valence-electron chi connectivity index (χ1n) is 6.90. The van der Waals surface area contributed by atoms with Crippen molar-refractivity contribution in [2.75, 3.05) is 12.4 Å². The van der Waals surface area contributed by atoms with E-state index in [1.165, 1.54) is 7.11 Å². The fourth-order valence-corrected chi connectivity index (χ4v) is 2.92. The SMILES string of the molecule is COc1ccc(Cl)cc1NC(=O)[C@H]1CCCC[C@@H]1C(=O)O. The van der Waals surface area contributed by atoms with Crippen LogP contribution in [0.5, 0.6) is 5.75 Å². The lowest BCUT2D eigenvalue weighted by molar-refractivity contribution is -0.147. The molecular formula is C15H18ClNO4. The number of hydrogen-bond donors (Lipinski definition) is 2. The van der Waals surface area contributed by atoms with Crippen LogP contribution in [0.15, 0.2) is 18.2 Å². The molecule has 0 bridgehead atoms. The summed E-state index contributed by atoms with van der Waals surface area (Å²) < 4.78 is 5.17. The van der Waals surface area contributed by atoms with Crippen LogP contribution >= 0.6 is 11.6 Å². The quantitative estimate of drug-likeness (QED) is 0.895. The van der Waals surface area contributed by atoms with E-state index in [9.17, 15) is 14.7 Å². The number of carbonyl (C=O) groups excluding carboxylic acids is 1. The summed E-state index contributed by atoms with van der Waals surface area (Å²) in [5.41, 5.74) is 0.463. The fraction of sp³-hybridized carbons (Fsp3) is 0.467. The lowest BCUT2D eigenvalue weighted by Gasteiger charge is -2.27. The van der Waals surface area contributed by atoms with E-state index in [1.807, 2.05) is 0 Å². The highest BCUT2D eigenvalue weighted by molar-refractivity contribution is 6.31. The third kappa shape index (κ3) is 3.67. The minimum atomic E-state index is -0.909. The van der Waals surface area contributed by atoms with Crippen molar-refractivity contribution in [3.8, 4) is 5.75 Å². The number of carboxylic acid groups (broad SMARTS) is 1. The van der Waals surface area contributed by atoms with Crippen LogP contribution in [-0.2, 0) is 9.59 Å². The van der Waals surface area contributed by atoms with Gasteiger partial charge in [0.15, 0.2) is 0 Å². The predicted octanol–water partition coefficient (Wildman–Crippen LogP) is 3.18. The minimum Gasteiger partial charge on any atom is -0.495 e. The average Bonchev–Trinajstić information content (AvgIpc) is 2.47. The second kappa shape index (κ2) is 6.80. The molecule has 0 spiro atoms. The molecule has 2 rings (SSSR count). The molecule has 1 aliphatic carbocycles. The van der Waals surface area contributed by atoms with Gasteiger partial charge in [-0.05, 0) is 31.0 Å². The summed E-state index contributed by atoms with van der Waals surface area (Å²) in [5.74, 6) is -1.84. The number of carbonyl (C=O) groups is 2. The number of rotatable bonds is 4. The Morgan fingerprint density at radius 2 is 1.95 bits per heavy atom. The van der Waals surface area contributed by atoms with Gasteiger partial charge in [0.05, 0.1) is 24.6 Å². The monoisotopic (exact) mass is 311 g/mol. The van der Waals surface area contributed by atoms with Crippen LogP contribution in [0.2, 0.25) is 5.02 Å². The van der Waals surface area contributed by atoms with Crippen molar-refractivity contribution in [1.29, 1.82) is 0 Å². The van der Waals surface area contributed by atoms with Crippen molar-refractivity contribution in [2.45, 2.75) is 25.7 Å². The molecule has 0 aliphatic heterocycles. The highest BCUT2D eigenvalue weighted by Crippen LogP contribution is 2.33. The largest absolute Gasteiger partial charge is 0.495 e. The number of halogens is 1. The summed E-state index contributed by atoms with van der Waals surface area (Å²) in [6.07, 6.45) is 2.85. The number of ether oxygens (including phenoxy) is 1. The van der Waals surface area contributed by atoms with Gasteiger partial charge >= 0.3 is 5.97 Å². The van der Waals surface area contributed by atoms with Crippen LogP contribution < -0.4 is 10.1 Å². The molecule has 114 valence electrons. The van der Waals surface area contributed by atoms with E-state index in [-0.39, 0.29) is 5.91 Å². The Morgan fingerprint density at radius 3 is 2.57 bits per heavy atom. The van der Waals surface area contributed by atoms with Crippen molar-refractivity contribution in [1.82, 2.24) is 0 Å². The number of carboxylic acids is 1. The topological polar surface area (TPSA) is 75.6 Å². The van der Waals surface area contributed by atoms with Crippen molar-refractivity contribution in [3.05, 3.63) is 23.2 Å². The zero-order valence-corrected chi connectivity index (χ0v) is 12.5. The van der Waals surface area contributed by atoms with E-state index < -0.39 is 17.8 Å². The Labute approximate surface area is 128 Å². The molecule has 5 nitrogen and oxygen atoms in total. The zero-order valence-electron chi connectivity index (χ0n) is 11.8. The molecule has 0 unspecified atom stereocenters. The second-order valence-corrected chi connectivity index (χ2v) is 5.61. The van der Waals surface area contributed by atoms with Gasteiger partial charge in [-0.25, -0.2) is 0 Å². The van der Waals surface area contributed by atoms with Gasteiger partial charge in [-0.1, -0.05) is 24.4 Å². The molecule has 1 saturated carbocycles. The van der Waals surface area contributed by atoms with Gasteiger partial charge < -0.3 is 15.2 Å². The maximum absolute atomic E-state index is 12.4. The maximum Gasteiger partial charge on any atom is 0.307 e. The molecule has 1 fully saturated rings. The van der Waals surface area contributed by atoms with Crippen LogP contribution in [0, 0.1) is 11.8 Å². The van der Waals surface area contributed by atoms with Crippen LogP contribution in [-0.4, -0.2) is 24.1 Å². The predicted molar refractivity (Wildman–Crippen MR) is 79.7 cm³/mol. The van der Waals surface area contributed by atoms with E-state index in [1.54, 1.807) is 18.2 Å². The first-order valence-corrected chi connectivity index (χ1v) is 7.28. The van der Waals surface area contributed by atoms with E-state index in [2.05, 4.69) is 5.32 Å². The van der Waals surface area contributed by atoms with E-state index in [0.717, 1.165) is 12.8 Å². The number of aliphatic carboxylic acids is 1. The van der Waals surface area contributed by atoms with E-state index in [0.29, 0.717) is 29.3 Å². The summed E-state index contributed by atoms with van der Waals surface area (Å²) in [5, 5.41) is 12.5. The number of benzene rings is 1. The summed E-state index contributed by atoms with van der Waals surface area (Å²) in [6.45, 7) is 0. The average molecular weight is 312 g/mol. The van der Waals surface area contributed by atoms with Gasteiger partial charge in [0, 0.05) is 5.02 Å². The number of hydrogen-bond acceptors (Lipinski definition) is 3. The van der Waals surface area contributed by atoms with Crippen LogP contribution in [0.25, 0.3) is 0 Å².